The highest BCUT2D eigenvalue weighted by molar-refractivity contribution is 5.29. The molecule has 2 rings (SSSR count). The van der Waals surface area contributed by atoms with Crippen molar-refractivity contribution in [2.75, 3.05) is 7.05 Å². The van der Waals surface area contributed by atoms with Crippen LogP contribution >= 0.6 is 0 Å². The standard InChI is InChI=1S/C14H14FN/c1-16-14(11-5-3-2-4-6-11)12-7-9-13(15)10-8-12/h2-10,14,16H,1H3/p+1/t14-/m1/s1. The second-order valence-corrected chi connectivity index (χ2v) is 3.77. The molecule has 0 aliphatic heterocycles. The number of hydrogen-bond donors (Lipinski definition) is 1. The van der Waals surface area contributed by atoms with E-state index in [0.717, 1.165) is 5.56 Å². The van der Waals surface area contributed by atoms with Gasteiger partial charge in [0.15, 0.2) is 0 Å². The van der Waals surface area contributed by atoms with Crippen molar-refractivity contribution in [3.8, 4) is 0 Å². The summed E-state index contributed by atoms with van der Waals surface area (Å²) in [6, 6.07) is 17.2. The van der Waals surface area contributed by atoms with Gasteiger partial charge < -0.3 is 5.32 Å². The fraction of sp³-hybridized carbons (Fsp3) is 0.143. The highest BCUT2D eigenvalue weighted by Gasteiger charge is 2.14. The van der Waals surface area contributed by atoms with E-state index in [-0.39, 0.29) is 11.9 Å². The zero-order valence-electron chi connectivity index (χ0n) is 9.23. The van der Waals surface area contributed by atoms with Crippen LogP contribution in [0.2, 0.25) is 0 Å². The summed E-state index contributed by atoms with van der Waals surface area (Å²) in [6.07, 6.45) is 0. The second-order valence-electron chi connectivity index (χ2n) is 3.77. The van der Waals surface area contributed by atoms with Crippen molar-refractivity contribution in [1.29, 1.82) is 0 Å². The third-order valence-electron chi connectivity index (χ3n) is 2.72. The van der Waals surface area contributed by atoms with Gasteiger partial charge in [0, 0.05) is 11.1 Å². The normalized spacial score (nSPS) is 12.4. The van der Waals surface area contributed by atoms with Gasteiger partial charge in [0.25, 0.3) is 0 Å². The van der Waals surface area contributed by atoms with Crippen LogP contribution in [0.4, 0.5) is 4.39 Å². The van der Waals surface area contributed by atoms with Gasteiger partial charge in [-0.05, 0) is 24.3 Å². The number of halogens is 1. The van der Waals surface area contributed by atoms with Crippen molar-refractivity contribution in [3.63, 3.8) is 0 Å². The van der Waals surface area contributed by atoms with E-state index in [9.17, 15) is 4.39 Å². The van der Waals surface area contributed by atoms with Crippen molar-refractivity contribution in [1.82, 2.24) is 0 Å². The molecule has 0 aliphatic carbocycles. The van der Waals surface area contributed by atoms with Crippen LogP contribution in [0.15, 0.2) is 54.6 Å². The van der Waals surface area contributed by atoms with Crippen LogP contribution < -0.4 is 5.32 Å². The number of quaternary nitrogens is 1. The molecule has 0 unspecified atom stereocenters. The average Bonchev–Trinajstić information content (AvgIpc) is 2.34. The molecule has 1 atom stereocenters. The first kappa shape index (κ1) is 10.8. The van der Waals surface area contributed by atoms with Crippen molar-refractivity contribution < 1.29 is 9.71 Å². The van der Waals surface area contributed by atoms with Gasteiger partial charge in [-0.2, -0.15) is 0 Å². The minimum absolute atomic E-state index is 0.188. The molecule has 1 nitrogen and oxygen atoms in total. The van der Waals surface area contributed by atoms with Crippen molar-refractivity contribution in [2.45, 2.75) is 6.04 Å². The van der Waals surface area contributed by atoms with E-state index in [1.165, 1.54) is 17.7 Å². The Morgan fingerprint density at radius 2 is 1.44 bits per heavy atom. The molecule has 0 spiro atoms. The summed E-state index contributed by atoms with van der Waals surface area (Å²) < 4.78 is 12.8. The Labute approximate surface area is 94.9 Å². The maximum absolute atomic E-state index is 12.8. The lowest BCUT2D eigenvalue weighted by atomic mass is 9.99. The van der Waals surface area contributed by atoms with Gasteiger partial charge in [0.2, 0.25) is 0 Å². The van der Waals surface area contributed by atoms with Crippen LogP contribution in [0.25, 0.3) is 0 Å². The Kier molecular flexibility index (Phi) is 3.32. The first-order chi connectivity index (χ1) is 7.81. The maximum Gasteiger partial charge on any atom is 0.137 e. The molecule has 0 amide bonds. The van der Waals surface area contributed by atoms with E-state index in [1.807, 2.05) is 37.4 Å². The van der Waals surface area contributed by atoms with E-state index < -0.39 is 0 Å². The molecule has 0 aromatic heterocycles. The Bertz CT molecular complexity index is 436. The SMILES string of the molecule is C[NH2+][C@H](c1ccccc1)c1ccc(F)cc1. The smallest absolute Gasteiger partial charge is 0.137 e. The van der Waals surface area contributed by atoms with Crippen LogP contribution in [0, 0.1) is 5.82 Å². The molecule has 2 heteroatoms. The minimum Gasteiger partial charge on any atom is -0.339 e. The highest BCUT2D eigenvalue weighted by Crippen LogP contribution is 2.18. The number of rotatable bonds is 3. The molecule has 0 fully saturated rings. The van der Waals surface area contributed by atoms with E-state index in [1.54, 1.807) is 0 Å². The summed E-state index contributed by atoms with van der Waals surface area (Å²) in [4.78, 5) is 0. The van der Waals surface area contributed by atoms with Gasteiger partial charge in [-0.25, -0.2) is 4.39 Å². The summed E-state index contributed by atoms with van der Waals surface area (Å²) in [5, 5.41) is 2.13. The third-order valence-corrected chi connectivity index (χ3v) is 2.72. The maximum atomic E-state index is 12.8. The molecular weight excluding hydrogens is 201 g/mol. The monoisotopic (exact) mass is 216 g/mol. The third kappa shape index (κ3) is 2.28. The summed E-state index contributed by atoms with van der Waals surface area (Å²) in [6.45, 7) is 0. The number of benzene rings is 2. The zero-order valence-corrected chi connectivity index (χ0v) is 9.23. The molecule has 0 radical (unpaired) electrons. The lowest BCUT2D eigenvalue weighted by Crippen LogP contribution is -2.81. The molecule has 0 bridgehead atoms. The molecule has 0 saturated heterocycles. The van der Waals surface area contributed by atoms with Crippen LogP contribution in [0.1, 0.15) is 17.2 Å². The van der Waals surface area contributed by atoms with Gasteiger partial charge >= 0.3 is 0 Å². The van der Waals surface area contributed by atoms with Gasteiger partial charge in [-0.15, -0.1) is 0 Å². The van der Waals surface area contributed by atoms with Crippen LogP contribution in [0.5, 0.6) is 0 Å². The predicted octanol–water partition coefficient (Wildman–Crippen LogP) is 2.11. The minimum atomic E-state index is -0.188. The topological polar surface area (TPSA) is 16.6 Å². The quantitative estimate of drug-likeness (QED) is 0.809. The van der Waals surface area contributed by atoms with E-state index in [2.05, 4.69) is 17.4 Å². The molecular formula is C14H15FN+. The van der Waals surface area contributed by atoms with Crippen molar-refractivity contribution in [2.24, 2.45) is 0 Å². The number of nitrogens with two attached hydrogens (primary N) is 1. The molecule has 16 heavy (non-hydrogen) atoms. The summed E-state index contributed by atoms with van der Waals surface area (Å²) >= 11 is 0. The second kappa shape index (κ2) is 4.90. The molecule has 82 valence electrons. The summed E-state index contributed by atoms with van der Waals surface area (Å²) in [5.41, 5.74) is 2.35. The Morgan fingerprint density at radius 3 is 2.00 bits per heavy atom. The van der Waals surface area contributed by atoms with Crippen molar-refractivity contribution in [3.05, 3.63) is 71.5 Å². The Hall–Kier alpha value is -1.67. The number of hydrogen-bond acceptors (Lipinski definition) is 0. The van der Waals surface area contributed by atoms with E-state index in [4.69, 9.17) is 0 Å². The van der Waals surface area contributed by atoms with Gasteiger partial charge in [-0.1, -0.05) is 30.3 Å². The van der Waals surface area contributed by atoms with Crippen LogP contribution in [-0.2, 0) is 0 Å². The summed E-state index contributed by atoms with van der Waals surface area (Å²) in [5.74, 6) is -0.188. The lowest BCUT2D eigenvalue weighted by molar-refractivity contribution is -0.660. The Balaban J connectivity index is 2.33. The molecule has 0 saturated carbocycles. The van der Waals surface area contributed by atoms with Crippen LogP contribution in [0.3, 0.4) is 0 Å². The fourth-order valence-electron chi connectivity index (χ4n) is 1.91. The predicted molar refractivity (Wildman–Crippen MR) is 62.5 cm³/mol. The zero-order chi connectivity index (χ0) is 11.4. The van der Waals surface area contributed by atoms with Gasteiger partial charge in [0.1, 0.15) is 11.9 Å². The first-order valence-electron chi connectivity index (χ1n) is 5.41. The van der Waals surface area contributed by atoms with Gasteiger partial charge in [0.05, 0.1) is 7.05 Å². The van der Waals surface area contributed by atoms with Gasteiger partial charge in [-0.3, -0.25) is 0 Å². The lowest BCUT2D eigenvalue weighted by Gasteiger charge is -2.13. The molecule has 0 heterocycles. The highest BCUT2D eigenvalue weighted by atomic mass is 19.1. The van der Waals surface area contributed by atoms with Crippen LogP contribution in [-0.4, -0.2) is 7.05 Å². The molecule has 2 N–H and O–H groups in total. The average molecular weight is 216 g/mol. The molecule has 2 aromatic rings. The van der Waals surface area contributed by atoms with Crippen molar-refractivity contribution >= 4 is 0 Å². The largest absolute Gasteiger partial charge is 0.339 e. The molecule has 2 aromatic carbocycles. The first-order valence-corrected chi connectivity index (χ1v) is 5.41. The van der Waals surface area contributed by atoms with E-state index >= 15 is 0 Å². The molecule has 0 aliphatic rings. The fourth-order valence-corrected chi connectivity index (χ4v) is 1.91. The summed E-state index contributed by atoms with van der Waals surface area (Å²) in [7, 11) is 2.03. The van der Waals surface area contributed by atoms with E-state index in [0.29, 0.717) is 0 Å². The Morgan fingerprint density at radius 1 is 0.875 bits per heavy atom.